The summed E-state index contributed by atoms with van der Waals surface area (Å²) in [6.07, 6.45) is -0.571. The van der Waals surface area contributed by atoms with Crippen molar-refractivity contribution in [1.29, 1.82) is 0 Å². The number of carboxylic acids is 1. The normalized spacial score (nSPS) is 15.8. The molecule has 0 amide bonds. The van der Waals surface area contributed by atoms with Crippen molar-refractivity contribution in [3.63, 3.8) is 0 Å². The number of aryl methyl sites for hydroxylation is 1. The van der Waals surface area contributed by atoms with Crippen molar-refractivity contribution in [2.24, 2.45) is 0 Å². The molecule has 0 radical (unpaired) electrons. The summed E-state index contributed by atoms with van der Waals surface area (Å²) >= 11 is 0. The van der Waals surface area contributed by atoms with Crippen molar-refractivity contribution < 1.29 is 19.0 Å². The lowest BCUT2D eigenvalue weighted by atomic mass is 9.95. The Balaban J connectivity index is 3.07. The monoisotopic (exact) mass is 255 g/mol. The Morgan fingerprint density at radius 3 is 2.56 bits per heavy atom. The molecule has 0 saturated carbocycles. The number of benzene rings is 1. The Labute approximate surface area is 106 Å². The summed E-state index contributed by atoms with van der Waals surface area (Å²) in [5.41, 5.74) is -0.189. The number of rotatable bonds is 5. The van der Waals surface area contributed by atoms with Crippen LogP contribution in [0.25, 0.3) is 0 Å². The zero-order chi connectivity index (χ0) is 13.9. The Bertz CT molecular complexity index is 430. The smallest absolute Gasteiger partial charge is 0.331 e. The maximum Gasteiger partial charge on any atom is 0.331 e. The number of hydrogen-bond donors (Lipinski definition) is 2. The van der Waals surface area contributed by atoms with Gasteiger partial charge in [-0.3, -0.25) is 0 Å². The average molecular weight is 255 g/mol. The van der Waals surface area contributed by atoms with E-state index >= 15 is 0 Å². The van der Waals surface area contributed by atoms with E-state index < -0.39 is 23.4 Å². The molecule has 0 aliphatic heterocycles. The van der Waals surface area contributed by atoms with E-state index in [0.29, 0.717) is 5.69 Å². The first-order chi connectivity index (χ1) is 8.29. The molecule has 2 atom stereocenters. The Morgan fingerprint density at radius 1 is 1.50 bits per heavy atom. The van der Waals surface area contributed by atoms with Crippen LogP contribution >= 0.6 is 0 Å². The van der Waals surface area contributed by atoms with Crippen molar-refractivity contribution in [3.05, 3.63) is 29.6 Å². The fourth-order valence-electron chi connectivity index (χ4n) is 1.67. The second kappa shape index (κ2) is 5.35. The highest BCUT2D eigenvalue weighted by Gasteiger charge is 2.39. The van der Waals surface area contributed by atoms with E-state index in [0.717, 1.165) is 5.56 Å². The van der Waals surface area contributed by atoms with Gasteiger partial charge in [-0.2, -0.15) is 0 Å². The Morgan fingerprint density at radius 2 is 2.11 bits per heavy atom. The first-order valence-electron chi connectivity index (χ1n) is 5.61. The van der Waals surface area contributed by atoms with Gasteiger partial charge in [-0.25, -0.2) is 9.18 Å². The molecule has 0 spiro atoms. The minimum Gasteiger partial charge on any atom is -0.479 e. The maximum absolute atomic E-state index is 13.3. The van der Waals surface area contributed by atoms with Crippen LogP contribution in [0.15, 0.2) is 18.2 Å². The number of carboxylic acid groups (broad SMARTS) is 1. The molecule has 1 aromatic carbocycles. The first-order valence-corrected chi connectivity index (χ1v) is 5.61. The van der Waals surface area contributed by atoms with Gasteiger partial charge in [0.2, 0.25) is 0 Å². The first kappa shape index (κ1) is 14.4. The molecule has 2 unspecified atom stereocenters. The standard InChI is InChI=1S/C13H18FNO3/c1-8-5-10(14)7-11(6-8)15-13(3,12(16)17)9(2)18-4/h5-7,9,15H,1-4H3,(H,16,17). The van der Waals surface area contributed by atoms with Crippen LogP contribution in [0.4, 0.5) is 10.1 Å². The molecular formula is C13H18FNO3. The van der Waals surface area contributed by atoms with Crippen molar-refractivity contribution in [1.82, 2.24) is 0 Å². The van der Waals surface area contributed by atoms with E-state index in [4.69, 9.17) is 4.74 Å². The molecule has 100 valence electrons. The molecule has 0 heterocycles. The minimum atomic E-state index is -1.32. The van der Waals surface area contributed by atoms with E-state index in [2.05, 4.69) is 5.32 Å². The molecule has 2 N–H and O–H groups in total. The molecule has 5 heteroatoms. The van der Waals surface area contributed by atoms with Crippen LogP contribution in [-0.2, 0) is 9.53 Å². The molecular weight excluding hydrogens is 237 g/mol. The van der Waals surface area contributed by atoms with Crippen LogP contribution in [0, 0.1) is 12.7 Å². The summed E-state index contributed by atoms with van der Waals surface area (Å²) in [5, 5.41) is 12.1. The van der Waals surface area contributed by atoms with Gasteiger partial charge in [0.1, 0.15) is 5.82 Å². The van der Waals surface area contributed by atoms with Gasteiger partial charge >= 0.3 is 5.97 Å². The van der Waals surface area contributed by atoms with Gasteiger partial charge in [0.15, 0.2) is 5.54 Å². The fourth-order valence-corrected chi connectivity index (χ4v) is 1.67. The van der Waals surface area contributed by atoms with Crippen LogP contribution in [0.5, 0.6) is 0 Å². The maximum atomic E-state index is 13.3. The van der Waals surface area contributed by atoms with Crippen LogP contribution in [0.1, 0.15) is 19.4 Å². The third-order valence-electron chi connectivity index (χ3n) is 3.06. The third kappa shape index (κ3) is 2.98. The highest BCUT2D eigenvalue weighted by Crippen LogP contribution is 2.22. The number of anilines is 1. The predicted octanol–water partition coefficient (Wildman–Crippen LogP) is 2.42. The highest BCUT2D eigenvalue weighted by molar-refractivity contribution is 5.83. The fraction of sp³-hybridized carbons (Fsp3) is 0.462. The van der Waals surface area contributed by atoms with Crippen LogP contribution in [0.3, 0.4) is 0 Å². The van der Waals surface area contributed by atoms with E-state index in [9.17, 15) is 14.3 Å². The van der Waals surface area contributed by atoms with Gasteiger partial charge in [-0.05, 0) is 44.5 Å². The van der Waals surface area contributed by atoms with E-state index in [1.54, 1.807) is 19.9 Å². The van der Waals surface area contributed by atoms with Crippen molar-refractivity contribution in [3.8, 4) is 0 Å². The highest BCUT2D eigenvalue weighted by atomic mass is 19.1. The largest absolute Gasteiger partial charge is 0.479 e. The van der Waals surface area contributed by atoms with Crippen molar-refractivity contribution in [2.75, 3.05) is 12.4 Å². The summed E-state index contributed by atoms with van der Waals surface area (Å²) in [6.45, 7) is 4.89. The summed E-state index contributed by atoms with van der Waals surface area (Å²) in [5.74, 6) is -1.46. The van der Waals surface area contributed by atoms with Crippen molar-refractivity contribution >= 4 is 11.7 Å². The number of carbonyl (C=O) groups is 1. The summed E-state index contributed by atoms with van der Waals surface area (Å²) < 4.78 is 18.3. The lowest BCUT2D eigenvalue weighted by Gasteiger charge is -2.32. The zero-order valence-corrected chi connectivity index (χ0v) is 11.0. The number of ether oxygens (including phenoxy) is 1. The summed E-state index contributed by atoms with van der Waals surface area (Å²) in [7, 11) is 1.43. The molecule has 18 heavy (non-hydrogen) atoms. The van der Waals surface area contributed by atoms with Gasteiger partial charge in [-0.1, -0.05) is 0 Å². The SMILES string of the molecule is COC(C)C(C)(Nc1cc(C)cc(F)c1)C(=O)O. The van der Waals surface area contributed by atoms with Gasteiger partial charge in [-0.15, -0.1) is 0 Å². The number of aliphatic carboxylic acids is 1. The van der Waals surface area contributed by atoms with Gasteiger partial charge in [0.05, 0.1) is 6.10 Å². The second-order valence-corrected chi connectivity index (χ2v) is 4.53. The van der Waals surface area contributed by atoms with Gasteiger partial charge in [0.25, 0.3) is 0 Å². The molecule has 0 aliphatic carbocycles. The molecule has 1 aromatic rings. The molecule has 0 saturated heterocycles. The minimum absolute atomic E-state index is 0.407. The summed E-state index contributed by atoms with van der Waals surface area (Å²) in [6, 6.07) is 4.33. The Hall–Kier alpha value is -1.62. The quantitative estimate of drug-likeness (QED) is 0.848. The molecule has 0 fully saturated rings. The van der Waals surface area contributed by atoms with Crippen LogP contribution in [-0.4, -0.2) is 29.8 Å². The predicted molar refractivity (Wildman–Crippen MR) is 67.3 cm³/mol. The van der Waals surface area contributed by atoms with E-state index in [1.165, 1.54) is 26.2 Å². The number of halogens is 1. The molecule has 0 aliphatic rings. The number of nitrogens with one attached hydrogen (secondary N) is 1. The second-order valence-electron chi connectivity index (χ2n) is 4.53. The van der Waals surface area contributed by atoms with Crippen LogP contribution in [0.2, 0.25) is 0 Å². The molecule has 0 aromatic heterocycles. The number of methoxy groups -OCH3 is 1. The lowest BCUT2D eigenvalue weighted by Crippen LogP contribution is -2.52. The van der Waals surface area contributed by atoms with E-state index in [-0.39, 0.29) is 0 Å². The van der Waals surface area contributed by atoms with Gasteiger partial charge < -0.3 is 15.2 Å². The van der Waals surface area contributed by atoms with E-state index in [1.807, 2.05) is 0 Å². The third-order valence-corrected chi connectivity index (χ3v) is 3.06. The summed E-state index contributed by atoms with van der Waals surface area (Å²) in [4.78, 5) is 11.4. The zero-order valence-electron chi connectivity index (χ0n) is 11.0. The Kier molecular flexibility index (Phi) is 4.29. The average Bonchev–Trinajstić information content (AvgIpc) is 2.25. The lowest BCUT2D eigenvalue weighted by molar-refractivity contribution is -0.146. The van der Waals surface area contributed by atoms with Crippen LogP contribution < -0.4 is 5.32 Å². The van der Waals surface area contributed by atoms with Gasteiger partial charge in [0, 0.05) is 12.8 Å². The molecule has 1 rings (SSSR count). The molecule has 0 bridgehead atoms. The molecule has 4 nitrogen and oxygen atoms in total. The van der Waals surface area contributed by atoms with Crippen molar-refractivity contribution in [2.45, 2.75) is 32.4 Å². The topological polar surface area (TPSA) is 58.6 Å². The number of hydrogen-bond acceptors (Lipinski definition) is 3.